The molecule has 0 aliphatic heterocycles. The van der Waals surface area contributed by atoms with Crippen molar-refractivity contribution in [3.63, 3.8) is 0 Å². The van der Waals surface area contributed by atoms with Crippen molar-refractivity contribution in [1.29, 1.82) is 0 Å². The van der Waals surface area contributed by atoms with Crippen molar-refractivity contribution in [3.05, 3.63) is 88.9 Å². The molecule has 0 N–H and O–H groups in total. The Bertz CT molecular complexity index is 799. The molecule has 1 aliphatic rings. The summed E-state index contributed by atoms with van der Waals surface area (Å²) < 4.78 is 1.32. The first kappa shape index (κ1) is 18.0. The highest BCUT2D eigenvalue weighted by Gasteiger charge is 2.22. The predicted octanol–water partition coefficient (Wildman–Crippen LogP) is 5.94. The van der Waals surface area contributed by atoms with Gasteiger partial charge in [-0.05, 0) is 57.7 Å². The third-order valence-electron chi connectivity index (χ3n) is 5.31. The monoisotopic (exact) mass is 422 g/mol. The van der Waals surface area contributed by atoms with Gasteiger partial charge in [0.15, 0.2) is 0 Å². The number of halogens is 1. The molecule has 0 heterocycles. The Labute approximate surface area is 166 Å². The maximum atomic E-state index is 4.00. The van der Waals surface area contributed by atoms with Gasteiger partial charge in [-0.3, -0.25) is 0 Å². The van der Waals surface area contributed by atoms with E-state index in [1.807, 2.05) is 0 Å². The Balaban J connectivity index is 1.76. The van der Waals surface area contributed by atoms with Crippen LogP contribution in [0.25, 0.3) is 0 Å². The fraction of sp³-hybridized carbons (Fsp3) is 0.250. The van der Waals surface area contributed by atoms with E-state index in [1.54, 1.807) is 0 Å². The number of hydrogen-bond acceptors (Lipinski definition) is 0. The van der Waals surface area contributed by atoms with Gasteiger partial charge in [-0.1, -0.05) is 105 Å². The zero-order valence-electron chi connectivity index (χ0n) is 14.9. The van der Waals surface area contributed by atoms with E-state index in [1.165, 1.54) is 58.1 Å². The van der Waals surface area contributed by atoms with Crippen LogP contribution >= 0.6 is 23.9 Å². The molecule has 2 heteroatoms. The zero-order valence-corrected chi connectivity index (χ0v) is 17.4. The summed E-state index contributed by atoms with van der Waals surface area (Å²) in [5.74, 6) is 0.862. The van der Waals surface area contributed by atoms with Crippen LogP contribution in [0, 0.1) is 5.92 Å². The summed E-state index contributed by atoms with van der Waals surface area (Å²) in [5, 5.41) is 4.26. The van der Waals surface area contributed by atoms with E-state index in [9.17, 15) is 0 Å². The highest BCUT2D eigenvalue weighted by atomic mass is 79.9. The van der Waals surface area contributed by atoms with E-state index in [0.717, 1.165) is 5.92 Å². The van der Waals surface area contributed by atoms with Crippen molar-refractivity contribution in [1.82, 2.24) is 0 Å². The third kappa shape index (κ3) is 3.95. The number of rotatable bonds is 5. The summed E-state index contributed by atoms with van der Waals surface area (Å²) in [6.45, 7) is 0. The average molecular weight is 423 g/mol. The second-order valence-corrected chi connectivity index (χ2v) is 10.1. The van der Waals surface area contributed by atoms with Crippen LogP contribution in [0.2, 0.25) is 0 Å². The molecule has 132 valence electrons. The normalized spacial score (nSPS) is 14.8. The van der Waals surface area contributed by atoms with E-state index >= 15 is 0 Å². The van der Waals surface area contributed by atoms with E-state index < -0.39 is 7.92 Å². The van der Waals surface area contributed by atoms with Crippen LogP contribution in [-0.4, -0.2) is 0 Å². The van der Waals surface area contributed by atoms with Crippen molar-refractivity contribution in [2.75, 3.05) is 0 Å². The van der Waals surface area contributed by atoms with Crippen LogP contribution < -0.4 is 15.9 Å². The molecule has 1 aliphatic carbocycles. The van der Waals surface area contributed by atoms with Gasteiger partial charge >= 0.3 is 0 Å². The Morgan fingerprint density at radius 2 is 1.31 bits per heavy atom. The second kappa shape index (κ2) is 8.51. The largest absolute Gasteiger partial charge is 0.0622 e. The summed E-state index contributed by atoms with van der Waals surface area (Å²) in [7, 11) is -0.548. The third-order valence-corrected chi connectivity index (χ3v) is 9.04. The zero-order chi connectivity index (χ0) is 17.8. The maximum Gasteiger partial charge on any atom is 0.0290 e. The molecular weight excluding hydrogens is 399 g/mol. The Kier molecular flexibility index (Phi) is 5.88. The first-order valence-corrected chi connectivity index (χ1v) is 11.6. The number of benzene rings is 3. The summed E-state index contributed by atoms with van der Waals surface area (Å²) in [5.41, 5.74) is 1.48. The first-order chi connectivity index (χ1) is 12.8. The molecule has 0 amide bonds. The Morgan fingerprint density at radius 1 is 0.731 bits per heavy atom. The van der Waals surface area contributed by atoms with E-state index in [-0.39, 0.29) is 0 Å². The van der Waals surface area contributed by atoms with Gasteiger partial charge in [0.05, 0.1) is 0 Å². The molecule has 0 aromatic heterocycles. The van der Waals surface area contributed by atoms with Crippen LogP contribution in [0.4, 0.5) is 0 Å². The molecule has 4 rings (SSSR count). The van der Waals surface area contributed by atoms with Crippen LogP contribution in [0.5, 0.6) is 0 Å². The fourth-order valence-electron chi connectivity index (χ4n) is 4.00. The lowest BCUT2D eigenvalue weighted by Crippen LogP contribution is -2.22. The Hall–Kier alpha value is -1.43. The lowest BCUT2D eigenvalue weighted by molar-refractivity contribution is 0.545. The molecule has 0 atom stereocenters. The predicted molar refractivity (Wildman–Crippen MR) is 119 cm³/mol. The first-order valence-electron chi connectivity index (χ1n) is 9.50. The summed E-state index contributed by atoms with van der Waals surface area (Å²) in [4.78, 5) is 0. The van der Waals surface area contributed by atoms with Gasteiger partial charge in [0.1, 0.15) is 0 Å². The van der Waals surface area contributed by atoms with Gasteiger partial charge in [0.2, 0.25) is 0 Å². The molecule has 1 saturated carbocycles. The van der Waals surface area contributed by atoms with Crippen molar-refractivity contribution in [2.24, 2.45) is 5.92 Å². The van der Waals surface area contributed by atoms with E-state index in [4.69, 9.17) is 0 Å². The topological polar surface area (TPSA) is 0 Å². The van der Waals surface area contributed by atoms with Crippen LogP contribution in [0.1, 0.15) is 31.2 Å². The summed E-state index contributed by atoms with van der Waals surface area (Å²) in [6, 6.07) is 28.8. The molecule has 1 fully saturated rings. The van der Waals surface area contributed by atoms with Gasteiger partial charge in [0.25, 0.3) is 0 Å². The molecule has 0 radical (unpaired) electrons. The standard InChI is InChI=1S/C24H24BrP/c25-24-20(18-19-10-7-8-11-19)12-9-17-23(24)26(21-13-3-1-4-14-21)22-15-5-2-6-16-22/h1-6,9,12-17,19H,7-8,10-11,18H2. The van der Waals surface area contributed by atoms with Crippen molar-refractivity contribution in [2.45, 2.75) is 32.1 Å². The summed E-state index contributed by atoms with van der Waals surface area (Å²) >= 11 is 4.00. The molecule has 0 bridgehead atoms. The van der Waals surface area contributed by atoms with Gasteiger partial charge < -0.3 is 0 Å². The average Bonchev–Trinajstić information content (AvgIpc) is 3.20. The molecule has 3 aromatic carbocycles. The lowest BCUT2D eigenvalue weighted by atomic mass is 9.98. The minimum Gasteiger partial charge on any atom is -0.0622 e. The van der Waals surface area contributed by atoms with Crippen molar-refractivity contribution < 1.29 is 0 Å². The van der Waals surface area contributed by atoms with Gasteiger partial charge in [-0.25, -0.2) is 0 Å². The molecule has 3 aromatic rings. The highest BCUT2D eigenvalue weighted by molar-refractivity contribution is 9.10. The highest BCUT2D eigenvalue weighted by Crippen LogP contribution is 2.38. The van der Waals surface area contributed by atoms with E-state index in [2.05, 4.69) is 94.8 Å². The fourth-order valence-corrected chi connectivity index (χ4v) is 7.33. The molecule has 0 unspecified atom stereocenters. The van der Waals surface area contributed by atoms with Gasteiger partial charge in [-0.2, -0.15) is 0 Å². The van der Waals surface area contributed by atoms with Gasteiger partial charge in [0, 0.05) is 4.47 Å². The van der Waals surface area contributed by atoms with Crippen LogP contribution in [0.15, 0.2) is 83.3 Å². The summed E-state index contributed by atoms with van der Waals surface area (Å²) in [6.07, 6.45) is 6.80. The minimum atomic E-state index is -0.548. The maximum absolute atomic E-state index is 4.00. The molecule has 0 saturated heterocycles. The molecular formula is C24H24BrP. The molecule has 26 heavy (non-hydrogen) atoms. The lowest BCUT2D eigenvalue weighted by Gasteiger charge is -2.22. The van der Waals surface area contributed by atoms with Crippen molar-refractivity contribution in [3.8, 4) is 0 Å². The van der Waals surface area contributed by atoms with E-state index in [0.29, 0.717) is 0 Å². The number of hydrogen-bond donors (Lipinski definition) is 0. The second-order valence-electron chi connectivity index (χ2n) is 7.11. The van der Waals surface area contributed by atoms with Crippen LogP contribution in [0.3, 0.4) is 0 Å². The van der Waals surface area contributed by atoms with Crippen LogP contribution in [-0.2, 0) is 6.42 Å². The van der Waals surface area contributed by atoms with Crippen molar-refractivity contribution >= 4 is 39.8 Å². The minimum absolute atomic E-state index is 0.548. The Morgan fingerprint density at radius 3 is 1.88 bits per heavy atom. The quantitative estimate of drug-likeness (QED) is 0.446. The molecule has 0 nitrogen and oxygen atoms in total. The van der Waals surface area contributed by atoms with Gasteiger partial charge in [-0.15, -0.1) is 0 Å². The SMILES string of the molecule is Brc1c(CC2CCCC2)cccc1P(c1ccccc1)c1ccccc1. The smallest absolute Gasteiger partial charge is 0.0290 e. The molecule has 0 spiro atoms.